The number of ether oxygens (including phenoxy) is 4. The van der Waals surface area contributed by atoms with Crippen LogP contribution in [0.1, 0.15) is 112 Å². The fourth-order valence-electron chi connectivity index (χ4n) is 9.94. The summed E-state index contributed by atoms with van der Waals surface area (Å²) in [6.45, 7) is 16.9. The summed E-state index contributed by atoms with van der Waals surface area (Å²) in [5.41, 5.74) is 7.76. The lowest BCUT2D eigenvalue weighted by Crippen LogP contribution is -2.51. The van der Waals surface area contributed by atoms with Gasteiger partial charge in [-0.1, -0.05) is 65.5 Å². The van der Waals surface area contributed by atoms with Gasteiger partial charge in [0.2, 0.25) is 0 Å². The van der Waals surface area contributed by atoms with Gasteiger partial charge in [0, 0.05) is 26.1 Å². The van der Waals surface area contributed by atoms with Gasteiger partial charge in [-0.2, -0.15) is 0 Å². The maximum Gasteiger partial charge on any atom is 0.407 e. The third-order valence-corrected chi connectivity index (χ3v) is 12.3. The molecule has 0 heterocycles. The van der Waals surface area contributed by atoms with Crippen molar-refractivity contribution < 1.29 is 23.7 Å². The van der Waals surface area contributed by atoms with Crippen LogP contribution >= 0.6 is 0 Å². The zero-order chi connectivity index (χ0) is 31.6. The molecule has 44 heavy (non-hydrogen) atoms. The van der Waals surface area contributed by atoms with E-state index in [4.69, 9.17) is 24.7 Å². The molecule has 8 atom stereocenters. The van der Waals surface area contributed by atoms with Gasteiger partial charge in [0.15, 0.2) is 0 Å². The zero-order valence-electron chi connectivity index (χ0n) is 28.9. The first kappa shape index (κ1) is 35.7. The summed E-state index contributed by atoms with van der Waals surface area (Å²) in [5, 5.41) is 2.93. The molecule has 0 aliphatic heterocycles. The molecule has 0 aromatic heterocycles. The third kappa shape index (κ3) is 9.01. The van der Waals surface area contributed by atoms with E-state index >= 15 is 0 Å². The Bertz CT molecular complexity index is 910. The van der Waals surface area contributed by atoms with Crippen LogP contribution in [0.15, 0.2) is 11.6 Å². The SMILES string of the molecule is CC(C)CCC[C@@H](C)[C@H]1CC[C@H]2[C@@H]3CC=C4CC(OC(=O)NCCCOCCOCCOCCN)CC[C@]4(C)[C@H]3CC[C@]12C. The van der Waals surface area contributed by atoms with Gasteiger partial charge in [-0.15, -0.1) is 0 Å². The molecule has 0 spiro atoms. The van der Waals surface area contributed by atoms with Crippen LogP contribution in [0.5, 0.6) is 0 Å². The van der Waals surface area contributed by atoms with Crippen molar-refractivity contribution >= 4 is 6.09 Å². The number of alkyl carbamates (subject to hydrolysis) is 1. The highest BCUT2D eigenvalue weighted by molar-refractivity contribution is 5.67. The highest BCUT2D eigenvalue weighted by atomic mass is 16.6. The number of hydrogen-bond acceptors (Lipinski definition) is 6. The maximum absolute atomic E-state index is 12.6. The van der Waals surface area contributed by atoms with E-state index in [1.54, 1.807) is 5.57 Å². The van der Waals surface area contributed by atoms with E-state index in [9.17, 15) is 4.79 Å². The molecule has 3 N–H and O–H groups in total. The molecule has 3 fully saturated rings. The van der Waals surface area contributed by atoms with Crippen LogP contribution in [-0.4, -0.2) is 64.9 Å². The van der Waals surface area contributed by atoms with Crippen molar-refractivity contribution in [3.05, 3.63) is 11.6 Å². The van der Waals surface area contributed by atoms with E-state index in [2.05, 4.69) is 46.0 Å². The predicted molar refractivity (Wildman–Crippen MR) is 177 cm³/mol. The summed E-state index contributed by atoms with van der Waals surface area (Å²) in [6.07, 6.45) is 17.1. The van der Waals surface area contributed by atoms with Gasteiger partial charge in [0.25, 0.3) is 0 Å². The quantitative estimate of drug-likeness (QED) is 0.122. The number of fused-ring (bicyclic) bond motifs is 5. The largest absolute Gasteiger partial charge is 0.446 e. The molecule has 254 valence electrons. The van der Waals surface area contributed by atoms with E-state index in [-0.39, 0.29) is 17.6 Å². The molecular formula is C37H66N2O5. The average molecular weight is 619 g/mol. The number of rotatable bonds is 18. The zero-order valence-corrected chi connectivity index (χ0v) is 28.9. The normalized spacial score (nSPS) is 33.7. The van der Waals surface area contributed by atoms with Crippen molar-refractivity contribution in [1.82, 2.24) is 5.32 Å². The predicted octanol–water partition coefficient (Wildman–Crippen LogP) is 7.52. The Labute approximate surface area is 269 Å². The van der Waals surface area contributed by atoms with Crippen molar-refractivity contribution in [2.45, 2.75) is 118 Å². The van der Waals surface area contributed by atoms with Gasteiger partial charge in [-0.05, 0) is 97.7 Å². The summed E-state index contributed by atoms with van der Waals surface area (Å²) >= 11 is 0. The molecule has 7 nitrogen and oxygen atoms in total. The number of carbonyl (C=O) groups excluding carboxylic acids is 1. The van der Waals surface area contributed by atoms with Crippen LogP contribution in [0.3, 0.4) is 0 Å². The van der Waals surface area contributed by atoms with Crippen LogP contribution in [0.4, 0.5) is 4.79 Å². The van der Waals surface area contributed by atoms with Crippen molar-refractivity contribution in [1.29, 1.82) is 0 Å². The highest BCUT2D eigenvalue weighted by Crippen LogP contribution is 2.67. The number of amides is 1. The second kappa shape index (κ2) is 17.1. The van der Waals surface area contributed by atoms with Crippen molar-refractivity contribution in [3.63, 3.8) is 0 Å². The molecule has 1 unspecified atom stereocenters. The van der Waals surface area contributed by atoms with Crippen LogP contribution in [-0.2, 0) is 18.9 Å². The first-order valence-corrected chi connectivity index (χ1v) is 18.3. The minimum absolute atomic E-state index is 0.00971. The lowest BCUT2D eigenvalue weighted by molar-refractivity contribution is -0.0581. The topological polar surface area (TPSA) is 92.0 Å². The van der Waals surface area contributed by atoms with E-state index in [0.29, 0.717) is 58.1 Å². The molecule has 0 aromatic carbocycles. The van der Waals surface area contributed by atoms with Crippen LogP contribution in [0.2, 0.25) is 0 Å². The molecule has 4 aliphatic rings. The average Bonchev–Trinajstić information content (AvgIpc) is 3.35. The van der Waals surface area contributed by atoms with E-state index in [1.165, 1.54) is 51.4 Å². The fourth-order valence-corrected chi connectivity index (χ4v) is 9.94. The lowest BCUT2D eigenvalue weighted by atomic mass is 9.47. The summed E-state index contributed by atoms with van der Waals surface area (Å²) in [7, 11) is 0. The molecular weight excluding hydrogens is 552 g/mol. The number of allylic oxidation sites excluding steroid dienone is 1. The van der Waals surface area contributed by atoms with E-state index in [1.807, 2.05) is 0 Å². The molecule has 7 heteroatoms. The van der Waals surface area contributed by atoms with Crippen molar-refractivity contribution in [3.8, 4) is 0 Å². The Kier molecular flexibility index (Phi) is 13.9. The van der Waals surface area contributed by atoms with Gasteiger partial charge >= 0.3 is 6.09 Å². The molecule has 4 rings (SSSR count). The summed E-state index contributed by atoms with van der Waals surface area (Å²) in [5.74, 6) is 5.09. The monoisotopic (exact) mass is 618 g/mol. The fraction of sp³-hybridized carbons (Fsp3) is 0.919. The summed E-state index contributed by atoms with van der Waals surface area (Å²) in [4.78, 5) is 12.6. The minimum Gasteiger partial charge on any atom is -0.446 e. The first-order valence-electron chi connectivity index (χ1n) is 18.3. The number of nitrogens with one attached hydrogen (secondary N) is 1. The van der Waals surface area contributed by atoms with Crippen molar-refractivity contribution in [2.24, 2.45) is 52.1 Å². The molecule has 0 aromatic rings. The molecule has 0 bridgehead atoms. The van der Waals surface area contributed by atoms with E-state index in [0.717, 1.165) is 61.2 Å². The Morgan fingerprint density at radius 2 is 1.64 bits per heavy atom. The number of hydrogen-bond donors (Lipinski definition) is 2. The second-order valence-electron chi connectivity index (χ2n) is 15.5. The lowest BCUT2D eigenvalue weighted by Gasteiger charge is -2.58. The van der Waals surface area contributed by atoms with Crippen LogP contribution in [0.25, 0.3) is 0 Å². The Balaban J connectivity index is 1.17. The Hall–Kier alpha value is -1.15. The second-order valence-corrected chi connectivity index (χ2v) is 15.5. The molecule has 4 aliphatic carbocycles. The summed E-state index contributed by atoms with van der Waals surface area (Å²) in [6, 6.07) is 0. The molecule has 0 saturated heterocycles. The smallest absolute Gasteiger partial charge is 0.407 e. The highest BCUT2D eigenvalue weighted by Gasteiger charge is 2.59. The third-order valence-electron chi connectivity index (χ3n) is 12.3. The minimum atomic E-state index is -0.290. The first-order chi connectivity index (χ1) is 21.2. The summed E-state index contributed by atoms with van der Waals surface area (Å²) < 4.78 is 22.2. The number of carbonyl (C=O) groups is 1. The van der Waals surface area contributed by atoms with Gasteiger partial charge < -0.3 is 30.0 Å². The molecule has 0 radical (unpaired) electrons. The molecule has 3 saturated carbocycles. The van der Waals surface area contributed by atoms with Gasteiger partial charge in [-0.25, -0.2) is 4.79 Å². The van der Waals surface area contributed by atoms with Gasteiger partial charge in [0.05, 0.1) is 33.0 Å². The number of nitrogens with two attached hydrogens (primary N) is 1. The standard InChI is InChI=1S/C37H66N2O5/c1-27(2)8-6-9-28(3)32-12-13-33-31-11-10-29-26-30(14-16-36(29,4)34(31)15-17-37(32,33)5)44-35(40)39-19-7-20-41-22-24-43-25-23-42-21-18-38/h10,27-28,30-34H,6-9,11-26,38H2,1-5H3,(H,39,40)/t28-,30?,31+,32-,33+,34+,36+,37-/m1/s1. The van der Waals surface area contributed by atoms with Crippen LogP contribution < -0.4 is 11.1 Å². The van der Waals surface area contributed by atoms with Gasteiger partial charge in [-0.3, -0.25) is 0 Å². The van der Waals surface area contributed by atoms with Gasteiger partial charge in [0.1, 0.15) is 6.10 Å². The Morgan fingerprint density at radius 3 is 2.36 bits per heavy atom. The molecule has 1 amide bonds. The van der Waals surface area contributed by atoms with Crippen molar-refractivity contribution in [2.75, 3.05) is 52.7 Å². The van der Waals surface area contributed by atoms with Crippen LogP contribution in [0, 0.1) is 46.3 Å². The maximum atomic E-state index is 12.6. The van der Waals surface area contributed by atoms with E-state index < -0.39 is 0 Å². The Morgan fingerprint density at radius 1 is 0.909 bits per heavy atom.